The minimum atomic E-state index is -1.51. The van der Waals surface area contributed by atoms with Gasteiger partial charge in [0.2, 0.25) is 0 Å². The summed E-state index contributed by atoms with van der Waals surface area (Å²) in [5.74, 6) is -4.30. The van der Waals surface area contributed by atoms with Crippen molar-refractivity contribution in [3.05, 3.63) is 48.6 Å². The average Bonchev–Trinajstić information content (AvgIpc) is 3.23. The maximum absolute atomic E-state index is 9.53. The van der Waals surface area contributed by atoms with Crippen LogP contribution >= 0.6 is 0 Å². The van der Waals surface area contributed by atoms with E-state index in [0.29, 0.717) is 24.3 Å². The van der Waals surface area contributed by atoms with Gasteiger partial charge in [0, 0.05) is 18.6 Å². The number of hydrogen-bond acceptors (Lipinski definition) is 8. The van der Waals surface area contributed by atoms with Crippen molar-refractivity contribution in [1.29, 1.82) is 0 Å². The molecule has 2 rings (SSSR count). The Hall–Kier alpha value is -3.90. The van der Waals surface area contributed by atoms with Crippen molar-refractivity contribution in [3.63, 3.8) is 0 Å². The summed E-state index contributed by atoms with van der Waals surface area (Å²) in [6.45, 7) is 12.5. The highest BCUT2D eigenvalue weighted by Crippen LogP contribution is 2.41. The number of rotatable bonds is 13. The fourth-order valence-corrected chi connectivity index (χ4v) is 3.12. The van der Waals surface area contributed by atoms with Crippen molar-refractivity contribution < 1.29 is 59.3 Å². The van der Waals surface area contributed by atoms with Crippen molar-refractivity contribution in [1.82, 2.24) is 0 Å². The van der Waals surface area contributed by atoms with Gasteiger partial charge in [0.1, 0.15) is 13.1 Å². The molecule has 206 valence electrons. The van der Waals surface area contributed by atoms with Crippen LogP contribution < -0.4 is 29.9 Å². The van der Waals surface area contributed by atoms with Gasteiger partial charge in [-0.15, -0.1) is 0 Å². The number of nitrogens with one attached hydrogen (secondary N) is 1. The molecule has 0 aromatic heterocycles. The van der Waals surface area contributed by atoms with Crippen LogP contribution in [0.1, 0.15) is 33.6 Å². The number of hydrogen-bond donors (Lipinski definition) is 4. The quantitative estimate of drug-likeness (QED) is 0.155. The van der Waals surface area contributed by atoms with E-state index in [-0.39, 0.29) is 0 Å². The summed E-state index contributed by atoms with van der Waals surface area (Å²) in [6, 6.07) is 7.96. The highest BCUT2D eigenvalue weighted by molar-refractivity contribution is 5.89. The van der Waals surface area contributed by atoms with Crippen LogP contribution in [-0.4, -0.2) is 72.6 Å². The standard InChI is InChI=1S/C17H28N2O2.2C4H4O4/c1-4-17(11-12-18-13-14-19(5-2)6-3)20-15-9-7-8-10-16(15)21-17;2*5-3(6)1-2-4(7)8/h7-10,18H,4-6,11-14H2,1-3H3;2*1-2H,(H,5,6)(H,7,8)/b;2*2-1-. The van der Waals surface area contributed by atoms with Crippen molar-refractivity contribution in [2.75, 3.05) is 32.7 Å². The van der Waals surface area contributed by atoms with Gasteiger partial charge in [0.25, 0.3) is 5.79 Å². The van der Waals surface area contributed by atoms with E-state index in [2.05, 4.69) is 26.1 Å². The Morgan fingerprint density at radius 3 is 1.65 bits per heavy atom. The van der Waals surface area contributed by atoms with E-state index < -0.39 is 29.7 Å². The number of carbonyl (C=O) groups excluding carboxylic acids is 2. The first-order valence-electron chi connectivity index (χ1n) is 11.8. The van der Waals surface area contributed by atoms with E-state index in [1.165, 1.54) is 26.2 Å². The normalized spacial score (nSPS) is 13.0. The molecule has 0 saturated heterocycles. The van der Waals surface area contributed by atoms with E-state index in [1.807, 2.05) is 24.3 Å². The van der Waals surface area contributed by atoms with E-state index in [1.54, 1.807) is 4.90 Å². The fraction of sp³-hybridized carbons (Fsp3) is 0.440. The zero-order valence-electron chi connectivity index (χ0n) is 21.3. The number of nitrogens with two attached hydrogens (primary N) is 1. The minimum Gasteiger partial charge on any atom is -0.545 e. The number of carboxylic acid groups (broad SMARTS) is 4. The molecule has 1 aromatic carbocycles. The van der Waals surface area contributed by atoms with Gasteiger partial charge in [-0.3, -0.25) is 0 Å². The number of benzene rings is 1. The number of ether oxygens (including phenoxy) is 2. The first-order valence-corrected chi connectivity index (χ1v) is 11.8. The van der Waals surface area contributed by atoms with E-state index in [0.717, 1.165) is 30.9 Å². The molecule has 0 unspecified atom stereocenters. The lowest BCUT2D eigenvalue weighted by Crippen LogP contribution is -3.14. The molecule has 0 amide bonds. The molecule has 12 nitrogen and oxygen atoms in total. The van der Waals surface area contributed by atoms with E-state index in [9.17, 15) is 29.4 Å². The highest BCUT2D eigenvalue weighted by atomic mass is 16.7. The molecule has 0 aliphatic carbocycles. The number of carboxylic acids is 4. The Labute approximate surface area is 215 Å². The lowest BCUT2D eigenvalue weighted by Gasteiger charge is -2.25. The number of likely N-dealkylation sites (N-methyl/N-ethyl adjacent to an activating group) is 1. The molecule has 1 aliphatic rings. The average molecular weight is 525 g/mol. The molecule has 0 saturated carbocycles. The number of fused-ring (bicyclic) bond motifs is 1. The molecule has 5 N–H and O–H groups in total. The third kappa shape index (κ3) is 15.7. The first kappa shape index (κ1) is 33.1. The largest absolute Gasteiger partial charge is 0.545 e. The Balaban J connectivity index is 0.000000669. The van der Waals surface area contributed by atoms with Crippen LogP contribution in [0.4, 0.5) is 0 Å². The van der Waals surface area contributed by atoms with Crippen LogP contribution in [0.15, 0.2) is 48.6 Å². The van der Waals surface area contributed by atoms with Crippen molar-refractivity contribution in [2.45, 2.75) is 39.4 Å². The van der Waals surface area contributed by atoms with Crippen molar-refractivity contribution in [2.24, 2.45) is 0 Å². The topological polar surface area (TPSA) is 194 Å². The van der Waals surface area contributed by atoms with Gasteiger partial charge in [-0.1, -0.05) is 19.1 Å². The number of aliphatic carboxylic acids is 4. The lowest BCUT2D eigenvalue weighted by atomic mass is 10.1. The molecule has 0 spiro atoms. The van der Waals surface area contributed by atoms with Gasteiger partial charge >= 0.3 is 11.9 Å². The van der Waals surface area contributed by atoms with Crippen LogP contribution in [0.25, 0.3) is 0 Å². The lowest BCUT2D eigenvalue weighted by molar-refractivity contribution is -0.909. The highest BCUT2D eigenvalue weighted by Gasteiger charge is 2.39. The van der Waals surface area contributed by atoms with E-state index in [4.69, 9.17) is 19.7 Å². The summed E-state index contributed by atoms with van der Waals surface area (Å²) in [6.07, 6.45) is 3.68. The molecule has 0 bridgehead atoms. The Morgan fingerprint density at radius 2 is 1.32 bits per heavy atom. The SMILES string of the molecule is CC[NH+](CC)CC[NH2+]CCC1(CC)Oc2ccccc2O1.O=C([O-])/C=C\C(=O)O.O=C([O-])/C=C\C(=O)O. The summed E-state index contributed by atoms with van der Waals surface area (Å²) in [7, 11) is 0. The second-order valence-electron chi connectivity index (χ2n) is 7.72. The smallest absolute Gasteiger partial charge is 0.328 e. The van der Waals surface area contributed by atoms with Crippen LogP contribution in [0.5, 0.6) is 11.5 Å². The molecule has 37 heavy (non-hydrogen) atoms. The molecular weight excluding hydrogens is 488 g/mol. The van der Waals surface area contributed by atoms with Crippen LogP contribution in [0.3, 0.4) is 0 Å². The molecule has 12 heteroatoms. The van der Waals surface area contributed by atoms with Gasteiger partial charge in [0.15, 0.2) is 11.5 Å². The zero-order valence-corrected chi connectivity index (χ0v) is 21.3. The molecule has 1 heterocycles. The molecule has 1 aliphatic heterocycles. The number of para-hydroxylation sites is 2. The summed E-state index contributed by atoms with van der Waals surface area (Å²) < 4.78 is 12.1. The molecule has 0 radical (unpaired) electrons. The Kier molecular flexibility index (Phi) is 16.4. The molecule has 1 aromatic rings. The molecular formula is C25H36N2O10. The van der Waals surface area contributed by atoms with E-state index >= 15 is 0 Å². The van der Waals surface area contributed by atoms with Gasteiger partial charge in [0.05, 0.1) is 38.0 Å². The number of carbonyl (C=O) groups is 4. The monoisotopic (exact) mass is 524 g/mol. The van der Waals surface area contributed by atoms with Gasteiger partial charge in [-0.05, 0) is 38.1 Å². The predicted molar refractivity (Wildman–Crippen MR) is 127 cm³/mol. The third-order valence-corrected chi connectivity index (χ3v) is 5.14. The summed E-state index contributed by atoms with van der Waals surface area (Å²) in [5.41, 5.74) is 0. The Bertz CT molecular complexity index is 835. The maximum atomic E-state index is 9.53. The number of quaternary nitrogens is 2. The fourth-order valence-electron chi connectivity index (χ4n) is 3.12. The maximum Gasteiger partial charge on any atom is 0.328 e. The second kappa shape index (κ2) is 18.4. The van der Waals surface area contributed by atoms with Crippen molar-refractivity contribution in [3.8, 4) is 11.5 Å². The Morgan fingerprint density at radius 1 is 0.865 bits per heavy atom. The predicted octanol–water partition coefficient (Wildman–Crippen LogP) is -2.80. The molecule has 0 fully saturated rings. The van der Waals surface area contributed by atoms with Crippen molar-refractivity contribution >= 4 is 23.9 Å². The van der Waals surface area contributed by atoms with Gasteiger partial charge in [-0.2, -0.15) is 0 Å². The van der Waals surface area contributed by atoms with Crippen LogP contribution in [-0.2, 0) is 19.2 Å². The first-order chi connectivity index (χ1) is 17.5. The zero-order chi connectivity index (χ0) is 28.3. The van der Waals surface area contributed by atoms with Gasteiger partial charge in [-0.25, -0.2) is 9.59 Å². The summed E-state index contributed by atoms with van der Waals surface area (Å²) in [5, 5.41) is 36.8. The van der Waals surface area contributed by atoms with Crippen LogP contribution in [0, 0.1) is 0 Å². The second-order valence-corrected chi connectivity index (χ2v) is 7.72. The van der Waals surface area contributed by atoms with Gasteiger partial charge < -0.3 is 49.7 Å². The third-order valence-electron chi connectivity index (χ3n) is 5.14. The molecule has 0 atom stereocenters. The summed E-state index contributed by atoms with van der Waals surface area (Å²) >= 11 is 0. The minimum absolute atomic E-state index is 0.447. The summed E-state index contributed by atoms with van der Waals surface area (Å²) in [4.78, 5) is 39.6. The van der Waals surface area contributed by atoms with Crippen LogP contribution in [0.2, 0.25) is 0 Å².